The van der Waals surface area contributed by atoms with Crippen molar-refractivity contribution in [1.82, 2.24) is 19.9 Å². The Morgan fingerprint density at radius 1 is 1.00 bits per heavy atom. The molecule has 0 amide bonds. The van der Waals surface area contributed by atoms with Crippen molar-refractivity contribution >= 4 is 17.5 Å². The molecule has 2 heterocycles. The molecular weight excluding hydrogens is 481 g/mol. The molecule has 194 valence electrons. The van der Waals surface area contributed by atoms with Crippen molar-refractivity contribution in [3.8, 4) is 5.75 Å². The van der Waals surface area contributed by atoms with E-state index in [9.17, 15) is 9.18 Å². The number of halogens is 1. The summed E-state index contributed by atoms with van der Waals surface area (Å²) in [6, 6.07) is 22.1. The monoisotopic (exact) mass is 511 g/mol. The maximum absolute atomic E-state index is 14.7. The number of nitrogens with zero attached hydrogens (tertiary/aromatic N) is 5. The number of carbonyl (C=O) groups is 1. The van der Waals surface area contributed by atoms with Crippen LogP contribution in [0.4, 0.5) is 10.1 Å². The Bertz CT molecular complexity index is 1390. The summed E-state index contributed by atoms with van der Waals surface area (Å²) in [5, 5.41) is 8.31. The van der Waals surface area contributed by atoms with Crippen LogP contribution in [0.25, 0.3) is 6.08 Å². The molecule has 0 unspecified atom stereocenters. The average Bonchev–Trinajstić information content (AvgIpc) is 3.39. The van der Waals surface area contributed by atoms with Gasteiger partial charge in [-0.3, -0.25) is 4.79 Å². The second-order valence-corrected chi connectivity index (χ2v) is 9.40. The molecule has 1 saturated heterocycles. The molecule has 0 radical (unpaired) electrons. The molecule has 1 aliphatic heterocycles. The predicted octanol–water partition coefficient (Wildman–Crippen LogP) is 4.69. The van der Waals surface area contributed by atoms with Crippen LogP contribution in [-0.2, 0) is 13.2 Å². The molecule has 38 heavy (non-hydrogen) atoms. The Balaban J connectivity index is 1.13. The van der Waals surface area contributed by atoms with Gasteiger partial charge >= 0.3 is 0 Å². The van der Waals surface area contributed by atoms with Crippen LogP contribution in [0.5, 0.6) is 5.75 Å². The number of rotatable bonds is 9. The number of hydrogen-bond donors (Lipinski definition) is 0. The van der Waals surface area contributed by atoms with E-state index < -0.39 is 0 Å². The Hall–Kier alpha value is -4.30. The molecular formula is C30H30FN5O2. The number of aromatic nitrogens is 3. The molecule has 5 rings (SSSR count). The number of likely N-dealkylation sites (N-methyl/N-ethyl adjacent to an activating group) is 1. The first-order valence-electron chi connectivity index (χ1n) is 12.6. The van der Waals surface area contributed by atoms with Gasteiger partial charge in [-0.1, -0.05) is 47.7 Å². The highest BCUT2D eigenvalue weighted by Crippen LogP contribution is 2.23. The first-order valence-corrected chi connectivity index (χ1v) is 12.6. The number of ether oxygens (including phenoxy) is 1. The van der Waals surface area contributed by atoms with Crippen LogP contribution in [0.15, 0.2) is 85.1 Å². The smallest absolute Gasteiger partial charge is 0.185 e. The summed E-state index contributed by atoms with van der Waals surface area (Å²) in [5.41, 5.74) is 3.64. The Morgan fingerprint density at radius 3 is 2.50 bits per heavy atom. The van der Waals surface area contributed by atoms with Gasteiger partial charge in [0.25, 0.3) is 0 Å². The number of carbonyl (C=O) groups excluding carboxylic acids is 1. The molecule has 8 heteroatoms. The van der Waals surface area contributed by atoms with Crippen LogP contribution in [0.1, 0.15) is 27.2 Å². The first-order chi connectivity index (χ1) is 18.5. The molecule has 1 aromatic heterocycles. The Labute approximate surface area is 221 Å². The van der Waals surface area contributed by atoms with Gasteiger partial charge in [0.05, 0.1) is 18.4 Å². The standard InChI is InChI=1S/C30H30FN5O2/c1-34-15-17-35(18-16-34)29-13-7-23(19-28(29)31)8-14-30(37)25-9-11-27(12-10-25)38-22-26-21-36(33-32-26)20-24-5-3-2-4-6-24/h2-14,19,21H,15-18,20,22H2,1H3/b14-8+. The maximum atomic E-state index is 14.7. The molecule has 3 aromatic carbocycles. The Morgan fingerprint density at radius 2 is 1.76 bits per heavy atom. The van der Waals surface area contributed by atoms with E-state index in [0.29, 0.717) is 29.1 Å². The highest BCUT2D eigenvalue weighted by Gasteiger charge is 2.17. The van der Waals surface area contributed by atoms with Gasteiger partial charge in [0, 0.05) is 31.7 Å². The highest BCUT2D eigenvalue weighted by atomic mass is 19.1. The Kier molecular flexibility index (Phi) is 7.89. The predicted molar refractivity (Wildman–Crippen MR) is 146 cm³/mol. The van der Waals surface area contributed by atoms with Gasteiger partial charge in [-0.2, -0.15) is 0 Å². The fourth-order valence-corrected chi connectivity index (χ4v) is 4.32. The molecule has 0 atom stereocenters. The van der Waals surface area contributed by atoms with Crippen molar-refractivity contribution < 1.29 is 13.9 Å². The summed E-state index contributed by atoms with van der Waals surface area (Å²) >= 11 is 0. The van der Waals surface area contributed by atoms with Crippen LogP contribution >= 0.6 is 0 Å². The van der Waals surface area contributed by atoms with E-state index in [0.717, 1.165) is 37.4 Å². The lowest BCUT2D eigenvalue weighted by atomic mass is 10.1. The minimum absolute atomic E-state index is 0.163. The number of anilines is 1. The van der Waals surface area contributed by atoms with Crippen LogP contribution < -0.4 is 9.64 Å². The lowest BCUT2D eigenvalue weighted by Crippen LogP contribution is -2.44. The maximum Gasteiger partial charge on any atom is 0.185 e. The normalized spacial score (nSPS) is 14.2. The quantitative estimate of drug-likeness (QED) is 0.240. The summed E-state index contributed by atoms with van der Waals surface area (Å²) in [7, 11) is 2.07. The average molecular weight is 512 g/mol. The first kappa shape index (κ1) is 25.4. The van der Waals surface area contributed by atoms with E-state index in [-0.39, 0.29) is 18.2 Å². The zero-order valence-corrected chi connectivity index (χ0v) is 21.3. The minimum Gasteiger partial charge on any atom is -0.487 e. The van der Waals surface area contributed by atoms with E-state index in [1.165, 1.54) is 12.1 Å². The van der Waals surface area contributed by atoms with Crippen molar-refractivity contribution in [3.63, 3.8) is 0 Å². The van der Waals surface area contributed by atoms with Crippen molar-refractivity contribution in [2.45, 2.75) is 13.2 Å². The van der Waals surface area contributed by atoms with Gasteiger partial charge in [0.15, 0.2) is 5.78 Å². The SMILES string of the molecule is CN1CCN(c2ccc(/C=C/C(=O)c3ccc(OCc4cn(Cc5ccccc5)nn4)cc3)cc2F)CC1. The molecule has 1 fully saturated rings. The molecule has 0 saturated carbocycles. The second-order valence-electron chi connectivity index (χ2n) is 9.40. The lowest BCUT2D eigenvalue weighted by Gasteiger charge is -2.34. The third-order valence-corrected chi connectivity index (χ3v) is 6.54. The van der Waals surface area contributed by atoms with E-state index in [1.807, 2.05) is 42.6 Å². The van der Waals surface area contributed by atoms with Crippen molar-refractivity contribution in [1.29, 1.82) is 0 Å². The van der Waals surface area contributed by atoms with Crippen molar-refractivity contribution in [2.75, 3.05) is 38.1 Å². The van der Waals surface area contributed by atoms with Gasteiger partial charge in [0.1, 0.15) is 23.9 Å². The van der Waals surface area contributed by atoms with E-state index in [1.54, 1.807) is 41.1 Å². The summed E-state index contributed by atoms with van der Waals surface area (Å²) in [6.45, 7) is 4.35. The molecule has 7 nitrogen and oxygen atoms in total. The van der Waals surface area contributed by atoms with Gasteiger partial charge in [-0.25, -0.2) is 9.07 Å². The molecule has 0 N–H and O–H groups in total. The number of benzene rings is 3. The number of allylic oxidation sites excluding steroid dienone is 1. The zero-order chi connectivity index (χ0) is 26.3. The molecule has 1 aliphatic rings. The van der Waals surface area contributed by atoms with Crippen LogP contribution in [-0.4, -0.2) is 58.9 Å². The van der Waals surface area contributed by atoms with E-state index in [2.05, 4.69) is 27.2 Å². The summed E-state index contributed by atoms with van der Waals surface area (Å²) in [4.78, 5) is 16.9. The van der Waals surface area contributed by atoms with Crippen LogP contribution in [0, 0.1) is 5.82 Å². The summed E-state index contributed by atoms with van der Waals surface area (Å²) < 4.78 is 22.3. The number of piperazine rings is 1. The van der Waals surface area contributed by atoms with Crippen molar-refractivity contribution in [3.05, 3.63) is 113 Å². The zero-order valence-electron chi connectivity index (χ0n) is 21.3. The van der Waals surface area contributed by atoms with E-state index in [4.69, 9.17) is 4.74 Å². The second kappa shape index (κ2) is 11.8. The summed E-state index contributed by atoms with van der Waals surface area (Å²) in [5.74, 6) is 0.194. The largest absolute Gasteiger partial charge is 0.487 e. The molecule has 4 aromatic rings. The lowest BCUT2D eigenvalue weighted by molar-refractivity contribution is 0.104. The van der Waals surface area contributed by atoms with Gasteiger partial charge in [0.2, 0.25) is 0 Å². The van der Waals surface area contributed by atoms with Crippen LogP contribution in [0.2, 0.25) is 0 Å². The van der Waals surface area contributed by atoms with Crippen LogP contribution in [0.3, 0.4) is 0 Å². The topological polar surface area (TPSA) is 63.5 Å². The van der Waals surface area contributed by atoms with E-state index >= 15 is 0 Å². The van der Waals surface area contributed by atoms with Gasteiger partial charge in [-0.15, -0.1) is 5.10 Å². The third kappa shape index (κ3) is 6.52. The summed E-state index contributed by atoms with van der Waals surface area (Å²) in [6.07, 6.45) is 4.96. The molecule has 0 bridgehead atoms. The van der Waals surface area contributed by atoms with Crippen molar-refractivity contribution in [2.24, 2.45) is 0 Å². The van der Waals surface area contributed by atoms with Gasteiger partial charge < -0.3 is 14.5 Å². The molecule has 0 spiro atoms. The highest BCUT2D eigenvalue weighted by molar-refractivity contribution is 6.06. The third-order valence-electron chi connectivity index (χ3n) is 6.54. The van der Waals surface area contributed by atoms with Gasteiger partial charge in [-0.05, 0) is 60.6 Å². The fourth-order valence-electron chi connectivity index (χ4n) is 4.32. The number of ketones is 1. The fraction of sp³-hybridized carbons (Fsp3) is 0.233. The molecule has 0 aliphatic carbocycles. The number of hydrogen-bond acceptors (Lipinski definition) is 6. The minimum atomic E-state index is -0.272.